The summed E-state index contributed by atoms with van der Waals surface area (Å²) in [6.45, 7) is 3.69. The average molecular weight is 1130 g/mol. The van der Waals surface area contributed by atoms with Crippen LogP contribution in [0.3, 0.4) is 0 Å². The van der Waals surface area contributed by atoms with Gasteiger partial charge in [0.1, 0.15) is 6.61 Å². The van der Waals surface area contributed by atoms with Crippen LogP contribution >= 0.6 is 7.82 Å². The lowest BCUT2D eigenvalue weighted by atomic mass is 10.0. The number of rotatable bonds is 64. The van der Waals surface area contributed by atoms with Crippen LogP contribution in [0.15, 0.2) is 60.8 Å². The van der Waals surface area contributed by atoms with Gasteiger partial charge in [-0.15, -0.1) is 0 Å². The van der Waals surface area contributed by atoms with Crippen molar-refractivity contribution in [1.29, 1.82) is 0 Å². The van der Waals surface area contributed by atoms with Gasteiger partial charge in [-0.25, -0.2) is 4.57 Å². The molecule has 9 nitrogen and oxygen atoms in total. The first-order chi connectivity index (χ1) is 38.8. The summed E-state index contributed by atoms with van der Waals surface area (Å²) in [4.78, 5) is 35.3. The molecule has 0 bridgehead atoms. The maximum absolute atomic E-state index is 12.7. The lowest BCUT2D eigenvalue weighted by molar-refractivity contribution is -0.161. The van der Waals surface area contributed by atoms with Crippen molar-refractivity contribution in [3.05, 3.63) is 60.8 Å². The van der Waals surface area contributed by atoms with E-state index >= 15 is 0 Å². The van der Waals surface area contributed by atoms with Crippen molar-refractivity contribution in [2.45, 2.75) is 341 Å². The molecule has 0 aliphatic heterocycles. The van der Waals surface area contributed by atoms with E-state index in [-0.39, 0.29) is 38.6 Å². The highest BCUT2D eigenvalue weighted by Gasteiger charge is 2.26. The number of unbranched alkanes of at least 4 members (excludes halogenated alkanes) is 41. The van der Waals surface area contributed by atoms with E-state index in [1.807, 2.05) is 0 Å². The van der Waals surface area contributed by atoms with Crippen LogP contribution in [0.4, 0.5) is 0 Å². The molecule has 0 aliphatic rings. The maximum atomic E-state index is 12.7. The molecule has 462 valence electrons. The first kappa shape index (κ1) is 76.7. The van der Waals surface area contributed by atoms with Crippen LogP contribution in [0.25, 0.3) is 0 Å². The molecular formula is C69H128NO8P. The van der Waals surface area contributed by atoms with Gasteiger partial charge in [-0.2, -0.15) is 0 Å². The van der Waals surface area contributed by atoms with E-state index in [0.717, 1.165) is 64.2 Å². The molecule has 0 aromatic rings. The zero-order valence-corrected chi connectivity index (χ0v) is 52.8. The molecule has 0 fully saturated rings. The van der Waals surface area contributed by atoms with Crippen molar-refractivity contribution in [2.24, 2.45) is 5.73 Å². The van der Waals surface area contributed by atoms with Crippen molar-refractivity contribution in [1.82, 2.24) is 0 Å². The molecule has 0 saturated heterocycles. The molecule has 0 heterocycles. The van der Waals surface area contributed by atoms with E-state index in [2.05, 4.69) is 74.6 Å². The third kappa shape index (κ3) is 64.7. The Morgan fingerprint density at radius 3 is 1.04 bits per heavy atom. The Labute approximate surface area is 489 Å². The standard InChI is InChI=1S/C69H128NO8P/c1-3-5-7-9-11-13-15-17-19-21-23-25-26-27-28-29-30-31-32-33-34-35-36-37-38-39-40-42-44-46-48-50-52-54-56-58-60-62-69(72)78-67(66-77-79(73,74)76-64-63-70)65-75-68(71)61-59-57-55-53-51-49-47-45-43-41-24-22-20-18-16-14-12-10-8-6-4-2/h5,7,11,13,17,19,23,25,27-28,67H,3-4,6,8-10,12,14-16,18,20-22,24,26,29-66,70H2,1-2H3,(H,73,74)/b7-5-,13-11-,19-17-,25-23-,28-27-. The molecule has 0 spiro atoms. The first-order valence-corrected chi connectivity index (χ1v) is 35.3. The summed E-state index contributed by atoms with van der Waals surface area (Å²) in [5.41, 5.74) is 5.40. The van der Waals surface area contributed by atoms with Gasteiger partial charge in [-0.3, -0.25) is 18.6 Å². The van der Waals surface area contributed by atoms with Crippen molar-refractivity contribution in [2.75, 3.05) is 26.4 Å². The zero-order valence-electron chi connectivity index (χ0n) is 51.9. The molecule has 0 saturated carbocycles. The van der Waals surface area contributed by atoms with Crippen LogP contribution < -0.4 is 5.73 Å². The highest BCUT2D eigenvalue weighted by Crippen LogP contribution is 2.43. The van der Waals surface area contributed by atoms with Crippen LogP contribution in [0.5, 0.6) is 0 Å². The molecule has 79 heavy (non-hydrogen) atoms. The number of esters is 2. The molecular weight excluding hydrogens is 1000 g/mol. The highest BCUT2D eigenvalue weighted by molar-refractivity contribution is 7.47. The van der Waals surface area contributed by atoms with Gasteiger partial charge in [0.2, 0.25) is 0 Å². The Kier molecular flexibility index (Phi) is 63.0. The van der Waals surface area contributed by atoms with E-state index < -0.39 is 26.5 Å². The second kappa shape index (κ2) is 64.9. The molecule has 10 heteroatoms. The fraction of sp³-hybridized carbons (Fsp3) is 0.826. The molecule has 0 aromatic heterocycles. The normalized spacial score (nSPS) is 13.3. The quantitative estimate of drug-likeness (QED) is 0.0264. The summed E-state index contributed by atoms with van der Waals surface area (Å²) in [6.07, 6.45) is 83.1. The van der Waals surface area contributed by atoms with E-state index in [4.69, 9.17) is 24.3 Å². The van der Waals surface area contributed by atoms with Crippen molar-refractivity contribution < 1.29 is 37.6 Å². The monoisotopic (exact) mass is 1130 g/mol. The van der Waals surface area contributed by atoms with Gasteiger partial charge in [0, 0.05) is 19.4 Å². The summed E-state index contributed by atoms with van der Waals surface area (Å²) in [5, 5.41) is 0. The van der Waals surface area contributed by atoms with E-state index in [1.165, 1.54) is 238 Å². The fourth-order valence-electron chi connectivity index (χ4n) is 9.96. The van der Waals surface area contributed by atoms with Crippen LogP contribution in [0.1, 0.15) is 335 Å². The minimum absolute atomic E-state index is 0.0555. The summed E-state index contributed by atoms with van der Waals surface area (Å²) in [6, 6.07) is 0. The minimum atomic E-state index is -4.39. The van der Waals surface area contributed by atoms with Crippen LogP contribution in [-0.4, -0.2) is 49.3 Å². The number of carbonyl (C=O) groups excluding carboxylic acids is 2. The third-order valence-electron chi connectivity index (χ3n) is 14.9. The molecule has 0 aliphatic carbocycles. The number of hydrogen-bond donors (Lipinski definition) is 2. The highest BCUT2D eigenvalue weighted by atomic mass is 31.2. The van der Waals surface area contributed by atoms with Crippen molar-refractivity contribution in [3.8, 4) is 0 Å². The van der Waals surface area contributed by atoms with Gasteiger partial charge in [0.05, 0.1) is 13.2 Å². The van der Waals surface area contributed by atoms with Crippen LogP contribution in [0.2, 0.25) is 0 Å². The number of allylic oxidation sites excluding steroid dienone is 10. The molecule has 0 radical (unpaired) electrons. The average Bonchev–Trinajstić information content (AvgIpc) is 3.44. The number of phosphoric acid groups is 1. The Morgan fingerprint density at radius 1 is 0.392 bits per heavy atom. The predicted molar refractivity (Wildman–Crippen MR) is 340 cm³/mol. The zero-order chi connectivity index (χ0) is 57.3. The fourth-order valence-corrected chi connectivity index (χ4v) is 10.7. The Morgan fingerprint density at radius 2 is 0.696 bits per heavy atom. The predicted octanol–water partition coefficient (Wildman–Crippen LogP) is 21.9. The summed E-state index contributed by atoms with van der Waals surface area (Å²) in [5.74, 6) is -0.807. The van der Waals surface area contributed by atoms with Crippen LogP contribution in [-0.2, 0) is 32.7 Å². The second-order valence-electron chi connectivity index (χ2n) is 22.7. The smallest absolute Gasteiger partial charge is 0.462 e. The number of hydrogen-bond acceptors (Lipinski definition) is 8. The number of ether oxygens (including phenoxy) is 2. The van der Waals surface area contributed by atoms with Gasteiger partial charge in [0.25, 0.3) is 0 Å². The van der Waals surface area contributed by atoms with Gasteiger partial charge >= 0.3 is 19.8 Å². The SMILES string of the molecule is CC/C=C\C/C=C\C/C=C\C/C=C\C/C=C\CCCCCCCCCCCCCCCCCCCCCCCC(=O)OC(COC(=O)CCCCCCCCCCCCCCCCCCCCCCC)COP(=O)(O)OCCN. The van der Waals surface area contributed by atoms with Gasteiger partial charge in [0.15, 0.2) is 6.10 Å². The molecule has 2 atom stereocenters. The van der Waals surface area contributed by atoms with E-state index in [1.54, 1.807) is 0 Å². The van der Waals surface area contributed by atoms with E-state index in [0.29, 0.717) is 6.42 Å². The molecule has 0 rings (SSSR count). The largest absolute Gasteiger partial charge is 0.472 e. The lowest BCUT2D eigenvalue weighted by Crippen LogP contribution is -2.29. The van der Waals surface area contributed by atoms with Crippen molar-refractivity contribution >= 4 is 19.8 Å². The van der Waals surface area contributed by atoms with Crippen molar-refractivity contribution in [3.63, 3.8) is 0 Å². The maximum Gasteiger partial charge on any atom is 0.472 e. The van der Waals surface area contributed by atoms with Gasteiger partial charge in [-0.05, 0) is 57.8 Å². The Balaban J connectivity index is 3.81. The number of carbonyl (C=O) groups is 2. The number of nitrogens with two attached hydrogens (primary N) is 1. The molecule has 2 unspecified atom stereocenters. The summed E-state index contributed by atoms with van der Waals surface area (Å²) in [7, 11) is -4.39. The lowest BCUT2D eigenvalue weighted by Gasteiger charge is -2.19. The first-order valence-electron chi connectivity index (χ1n) is 33.8. The summed E-state index contributed by atoms with van der Waals surface area (Å²) < 4.78 is 33.2. The second-order valence-corrected chi connectivity index (χ2v) is 24.1. The topological polar surface area (TPSA) is 134 Å². The van der Waals surface area contributed by atoms with Gasteiger partial charge in [-0.1, -0.05) is 325 Å². The summed E-state index contributed by atoms with van der Waals surface area (Å²) >= 11 is 0. The van der Waals surface area contributed by atoms with Crippen LogP contribution in [0, 0.1) is 0 Å². The van der Waals surface area contributed by atoms with Gasteiger partial charge < -0.3 is 20.1 Å². The van der Waals surface area contributed by atoms with E-state index in [9.17, 15) is 19.0 Å². The number of phosphoric ester groups is 1. The molecule has 0 aromatic carbocycles. The third-order valence-corrected chi connectivity index (χ3v) is 15.9. The minimum Gasteiger partial charge on any atom is -0.462 e. The molecule has 3 N–H and O–H groups in total. The Bertz CT molecular complexity index is 1480. The Hall–Kier alpha value is -2.29. The molecule has 0 amide bonds.